The average Bonchev–Trinajstić information content (AvgIpc) is 2.82. The van der Waals surface area contributed by atoms with Crippen LogP contribution in [0.3, 0.4) is 0 Å². The Morgan fingerprint density at radius 3 is 2.54 bits per heavy atom. The topological polar surface area (TPSA) is 82.9 Å². The number of nitrogens with one attached hydrogen (secondary N) is 2. The highest BCUT2D eigenvalue weighted by Crippen LogP contribution is 2.24. The molecule has 3 rings (SSSR count). The number of amides is 2. The number of nitrogens with zero attached hydrogens (tertiary/aromatic N) is 2. The number of amidine groups is 1. The van der Waals surface area contributed by atoms with Gasteiger partial charge >= 0.3 is 0 Å². The van der Waals surface area contributed by atoms with Crippen molar-refractivity contribution in [2.24, 2.45) is 10.2 Å². The van der Waals surface area contributed by atoms with Crippen molar-refractivity contribution in [1.29, 1.82) is 0 Å². The molecule has 1 saturated heterocycles. The van der Waals surface area contributed by atoms with Crippen molar-refractivity contribution in [2.75, 3.05) is 5.32 Å². The van der Waals surface area contributed by atoms with Crippen LogP contribution in [-0.4, -0.2) is 27.9 Å². The Bertz CT molecular complexity index is 723. The second-order valence-electron chi connectivity index (χ2n) is 6.34. The van der Waals surface area contributed by atoms with E-state index >= 15 is 0 Å². The third-order valence-corrected chi connectivity index (χ3v) is 6.03. The first-order valence-electron chi connectivity index (χ1n) is 8.76. The standard InChI is InChI=1S/C18H21IN4O2S/c19-12-7-9-13(10-8-12)20-16(24)11-15-17(25)21-18(26-15)23-22-14-5-3-1-2-4-6-14/h7-10,15H,1-6,11H2,(H,20,24)(H,21,23,25)/t15-/m1/s1. The van der Waals surface area contributed by atoms with Crippen LogP contribution in [0.1, 0.15) is 44.9 Å². The molecule has 1 heterocycles. The highest BCUT2D eigenvalue weighted by molar-refractivity contribution is 14.1. The Morgan fingerprint density at radius 1 is 1.15 bits per heavy atom. The van der Waals surface area contributed by atoms with E-state index in [9.17, 15) is 9.59 Å². The van der Waals surface area contributed by atoms with Gasteiger partial charge in [0.1, 0.15) is 5.25 Å². The largest absolute Gasteiger partial charge is 0.326 e. The van der Waals surface area contributed by atoms with Gasteiger partial charge in [0.15, 0.2) is 5.17 Å². The summed E-state index contributed by atoms with van der Waals surface area (Å²) >= 11 is 3.48. The fourth-order valence-electron chi connectivity index (χ4n) is 2.85. The lowest BCUT2D eigenvalue weighted by Gasteiger charge is -2.07. The highest BCUT2D eigenvalue weighted by Gasteiger charge is 2.32. The Labute approximate surface area is 170 Å². The zero-order valence-electron chi connectivity index (χ0n) is 14.3. The molecule has 0 aromatic heterocycles. The van der Waals surface area contributed by atoms with Gasteiger partial charge in [0.05, 0.1) is 0 Å². The molecule has 1 aromatic carbocycles. The van der Waals surface area contributed by atoms with E-state index in [-0.39, 0.29) is 18.2 Å². The summed E-state index contributed by atoms with van der Waals surface area (Å²) in [5, 5.41) is 14.1. The van der Waals surface area contributed by atoms with Gasteiger partial charge in [0.2, 0.25) is 11.8 Å². The number of thioether (sulfide) groups is 1. The van der Waals surface area contributed by atoms with Gasteiger partial charge in [-0.2, -0.15) is 5.10 Å². The Hall–Kier alpha value is -1.42. The number of carbonyl (C=O) groups excluding carboxylic acids is 2. The normalized spacial score (nSPS) is 22.0. The number of hydrogen-bond donors (Lipinski definition) is 2. The fraction of sp³-hybridized carbons (Fsp3) is 0.444. The van der Waals surface area contributed by atoms with Crippen molar-refractivity contribution in [3.63, 3.8) is 0 Å². The SMILES string of the molecule is O=C(C[C@H]1S/C(=N/N=C2CCCCCC2)NC1=O)Nc1ccc(I)cc1. The van der Waals surface area contributed by atoms with Crippen LogP contribution >= 0.6 is 34.4 Å². The molecule has 2 aliphatic rings. The Balaban J connectivity index is 1.53. The van der Waals surface area contributed by atoms with Crippen molar-refractivity contribution >= 4 is 62.7 Å². The molecule has 1 aliphatic carbocycles. The molecular weight excluding hydrogens is 463 g/mol. The van der Waals surface area contributed by atoms with Gasteiger partial charge in [0.25, 0.3) is 0 Å². The summed E-state index contributed by atoms with van der Waals surface area (Å²) in [4.78, 5) is 24.3. The quantitative estimate of drug-likeness (QED) is 0.386. The minimum atomic E-state index is -0.466. The third-order valence-electron chi connectivity index (χ3n) is 4.24. The van der Waals surface area contributed by atoms with Crippen molar-refractivity contribution in [1.82, 2.24) is 5.32 Å². The van der Waals surface area contributed by atoms with Gasteiger partial charge in [0, 0.05) is 21.4 Å². The van der Waals surface area contributed by atoms with Crippen LogP contribution in [0.25, 0.3) is 0 Å². The molecule has 2 amide bonds. The van der Waals surface area contributed by atoms with E-state index in [1.165, 1.54) is 24.6 Å². The van der Waals surface area contributed by atoms with Crippen molar-refractivity contribution in [3.8, 4) is 0 Å². The van der Waals surface area contributed by atoms with Crippen molar-refractivity contribution in [2.45, 2.75) is 50.2 Å². The van der Waals surface area contributed by atoms with E-state index in [0.29, 0.717) is 5.17 Å². The van der Waals surface area contributed by atoms with Crippen LogP contribution in [-0.2, 0) is 9.59 Å². The first kappa shape index (κ1) is 19.3. The molecule has 0 unspecified atom stereocenters. The summed E-state index contributed by atoms with van der Waals surface area (Å²) < 4.78 is 1.10. The van der Waals surface area contributed by atoms with E-state index in [4.69, 9.17) is 0 Å². The zero-order valence-corrected chi connectivity index (χ0v) is 17.3. The predicted octanol–water partition coefficient (Wildman–Crippen LogP) is 3.92. The highest BCUT2D eigenvalue weighted by atomic mass is 127. The number of benzene rings is 1. The Kier molecular flexibility index (Phi) is 7.07. The van der Waals surface area contributed by atoms with E-state index in [0.717, 1.165) is 40.7 Å². The smallest absolute Gasteiger partial charge is 0.240 e. The van der Waals surface area contributed by atoms with Crippen molar-refractivity contribution < 1.29 is 9.59 Å². The molecule has 138 valence electrons. The van der Waals surface area contributed by atoms with Gasteiger partial charge in [-0.15, -0.1) is 5.10 Å². The third kappa shape index (κ3) is 5.80. The van der Waals surface area contributed by atoms with E-state index in [2.05, 4.69) is 43.4 Å². The molecule has 2 fully saturated rings. The monoisotopic (exact) mass is 484 g/mol. The van der Waals surface area contributed by atoms with E-state index in [1.807, 2.05) is 24.3 Å². The number of hydrogen-bond acceptors (Lipinski definition) is 5. The molecule has 1 aromatic rings. The first-order valence-corrected chi connectivity index (χ1v) is 10.7. The number of rotatable bonds is 4. The van der Waals surface area contributed by atoms with Crippen LogP contribution in [0.15, 0.2) is 34.5 Å². The summed E-state index contributed by atoms with van der Waals surface area (Å²) in [7, 11) is 0. The van der Waals surface area contributed by atoms with Crippen LogP contribution < -0.4 is 10.6 Å². The zero-order chi connectivity index (χ0) is 18.4. The van der Waals surface area contributed by atoms with Gasteiger partial charge in [-0.25, -0.2) is 0 Å². The average molecular weight is 484 g/mol. The number of halogens is 1. The van der Waals surface area contributed by atoms with Crippen LogP contribution in [0.5, 0.6) is 0 Å². The maximum absolute atomic E-state index is 12.2. The molecule has 1 atom stereocenters. The van der Waals surface area contributed by atoms with Gasteiger partial charge in [-0.05, 0) is 72.5 Å². The van der Waals surface area contributed by atoms with Crippen molar-refractivity contribution in [3.05, 3.63) is 27.8 Å². The Morgan fingerprint density at radius 2 is 1.85 bits per heavy atom. The predicted molar refractivity (Wildman–Crippen MR) is 114 cm³/mol. The summed E-state index contributed by atoms with van der Waals surface area (Å²) in [6.45, 7) is 0. The summed E-state index contributed by atoms with van der Waals surface area (Å²) in [5.74, 6) is -0.372. The summed E-state index contributed by atoms with van der Waals surface area (Å²) in [5.41, 5.74) is 1.83. The minimum absolute atomic E-state index is 0.109. The second-order valence-corrected chi connectivity index (χ2v) is 8.78. The first-order chi connectivity index (χ1) is 12.6. The molecule has 0 radical (unpaired) electrons. The fourth-order valence-corrected chi connectivity index (χ4v) is 4.13. The maximum atomic E-state index is 12.2. The lowest BCUT2D eigenvalue weighted by atomic mass is 10.2. The van der Waals surface area contributed by atoms with E-state index < -0.39 is 5.25 Å². The van der Waals surface area contributed by atoms with Gasteiger partial charge in [-0.1, -0.05) is 24.6 Å². The lowest BCUT2D eigenvalue weighted by molar-refractivity contribution is -0.122. The molecule has 1 aliphatic heterocycles. The molecule has 1 saturated carbocycles. The molecular formula is C18H21IN4O2S. The minimum Gasteiger partial charge on any atom is -0.326 e. The molecule has 2 N–H and O–H groups in total. The van der Waals surface area contributed by atoms with Gasteiger partial charge < -0.3 is 10.6 Å². The van der Waals surface area contributed by atoms with Crippen LogP contribution in [0.4, 0.5) is 5.69 Å². The van der Waals surface area contributed by atoms with E-state index in [1.54, 1.807) is 0 Å². The summed E-state index contributed by atoms with van der Waals surface area (Å²) in [6.07, 6.45) is 6.89. The van der Waals surface area contributed by atoms with Crippen LogP contribution in [0.2, 0.25) is 0 Å². The lowest BCUT2D eigenvalue weighted by Crippen LogP contribution is -2.28. The number of carbonyl (C=O) groups is 2. The number of anilines is 1. The molecule has 0 bridgehead atoms. The summed E-state index contributed by atoms with van der Waals surface area (Å²) in [6, 6.07) is 7.53. The van der Waals surface area contributed by atoms with Gasteiger partial charge in [-0.3, -0.25) is 9.59 Å². The van der Waals surface area contributed by atoms with Crippen LogP contribution in [0, 0.1) is 3.57 Å². The molecule has 26 heavy (non-hydrogen) atoms. The second kappa shape index (κ2) is 9.50. The molecule has 0 spiro atoms. The molecule has 6 nitrogen and oxygen atoms in total. The molecule has 8 heteroatoms. The maximum Gasteiger partial charge on any atom is 0.240 e.